The lowest BCUT2D eigenvalue weighted by Crippen LogP contribution is -2.68. The molecule has 5 rings (SSSR count). The number of halogens is 2. The van der Waals surface area contributed by atoms with E-state index in [9.17, 15) is 0 Å². The molecule has 1 aliphatic carbocycles. The van der Waals surface area contributed by atoms with Crippen LogP contribution >= 0.6 is 11.6 Å². The molecule has 0 fully saturated rings. The maximum Gasteiger partial charge on any atom is 0.209 e. The molecule has 0 saturated carbocycles. The number of rotatable bonds is 3. The van der Waals surface area contributed by atoms with Crippen molar-refractivity contribution in [1.82, 2.24) is 0 Å². The molecule has 6 nitrogen and oxygen atoms in total. The topological polar surface area (TPSA) is 98.5 Å². The van der Waals surface area contributed by atoms with Gasteiger partial charge in [-0.15, -0.1) is 10.2 Å². The van der Waals surface area contributed by atoms with Crippen LogP contribution in [0.2, 0.25) is 0 Å². The number of para-hydroxylation sites is 2. The van der Waals surface area contributed by atoms with E-state index in [1.165, 1.54) is 45.1 Å². The summed E-state index contributed by atoms with van der Waals surface area (Å²) in [5, 5.41) is 0.914. The molecule has 0 unspecified atom stereocenters. The zero-order chi connectivity index (χ0) is 29.5. The zero-order valence-electron chi connectivity index (χ0n) is 23.8. The van der Waals surface area contributed by atoms with Crippen molar-refractivity contribution in [1.29, 1.82) is 0 Å². The van der Waals surface area contributed by atoms with E-state index in [4.69, 9.17) is 30.2 Å². The molecule has 0 aromatic heterocycles. The molecule has 3 aliphatic rings. The third kappa shape index (κ3) is 5.98. The normalized spacial score (nSPS) is 21.7. The number of fused-ring (bicyclic) bond motifs is 2. The standard InChI is InChI=1S/C32H36ClN2.ClHO4/c1-31(2)24-14-7-9-16-26(24)34(5)28(31)20-18-22-12-11-13-23(30(22)33)19-21-29-32(3,4)25-15-8-10-17-27(25)35(29)6;2-1(3,4)5/h7-10,14-21H,11-13H2,1-6H3;(H,2,3,4,5)/q+1;/p-1. The highest BCUT2D eigenvalue weighted by molar-refractivity contribution is 6.32. The molecule has 8 heteroatoms. The van der Waals surface area contributed by atoms with Crippen LogP contribution in [-0.4, -0.2) is 24.4 Å². The maximum atomic E-state index is 8.49. The van der Waals surface area contributed by atoms with E-state index < -0.39 is 10.2 Å². The smallest absolute Gasteiger partial charge is 0.209 e. The van der Waals surface area contributed by atoms with Crippen LogP contribution in [0.15, 0.2) is 94.7 Å². The highest BCUT2D eigenvalue weighted by Gasteiger charge is 2.42. The van der Waals surface area contributed by atoms with Crippen LogP contribution in [0.1, 0.15) is 58.1 Å². The molecule has 2 aromatic rings. The van der Waals surface area contributed by atoms with E-state index in [2.05, 4.69) is 124 Å². The fourth-order valence-electron chi connectivity index (χ4n) is 6.17. The Morgan fingerprint density at radius 1 is 0.850 bits per heavy atom. The molecular weight excluding hydrogens is 547 g/mol. The van der Waals surface area contributed by atoms with Gasteiger partial charge in [0.25, 0.3) is 0 Å². The fourth-order valence-corrected chi connectivity index (χ4v) is 6.49. The van der Waals surface area contributed by atoms with Crippen molar-refractivity contribution in [3.63, 3.8) is 0 Å². The van der Waals surface area contributed by atoms with Crippen LogP contribution in [0.4, 0.5) is 11.4 Å². The summed E-state index contributed by atoms with van der Waals surface area (Å²) in [6.45, 7) is 9.23. The summed E-state index contributed by atoms with van der Waals surface area (Å²) in [7, 11) is -0.612. The molecule has 2 aromatic carbocycles. The summed E-state index contributed by atoms with van der Waals surface area (Å²) in [6.07, 6.45) is 12.2. The Kier molecular flexibility index (Phi) is 8.53. The number of nitrogens with zero attached hydrogens (tertiary/aromatic N) is 2. The largest absolute Gasteiger partial charge is 0.347 e. The Balaban J connectivity index is 0.000000681. The van der Waals surface area contributed by atoms with E-state index in [1.807, 2.05) is 0 Å². The van der Waals surface area contributed by atoms with Gasteiger partial charge >= 0.3 is 0 Å². The van der Waals surface area contributed by atoms with Crippen LogP contribution in [0.25, 0.3) is 0 Å². The third-order valence-electron chi connectivity index (χ3n) is 8.22. The van der Waals surface area contributed by atoms with Gasteiger partial charge in [-0.05, 0) is 62.0 Å². The van der Waals surface area contributed by atoms with Crippen LogP contribution in [0, 0.1) is 10.2 Å². The minimum absolute atomic E-state index is 0.0275. The van der Waals surface area contributed by atoms with Gasteiger partial charge in [-0.2, -0.15) is 4.58 Å². The number of likely N-dealkylation sites (N-methyl/N-ethyl adjacent to an activating group) is 1. The average Bonchev–Trinajstić information content (AvgIpc) is 3.20. The number of hydrogen-bond acceptors (Lipinski definition) is 5. The van der Waals surface area contributed by atoms with Gasteiger partial charge in [0.2, 0.25) is 5.69 Å². The van der Waals surface area contributed by atoms with Gasteiger partial charge in [-0.25, -0.2) is 18.6 Å². The quantitative estimate of drug-likeness (QED) is 0.516. The lowest BCUT2D eigenvalue weighted by Gasteiger charge is -2.24. The van der Waals surface area contributed by atoms with E-state index in [0.717, 1.165) is 24.3 Å². The predicted molar refractivity (Wildman–Crippen MR) is 150 cm³/mol. The van der Waals surface area contributed by atoms with Crippen molar-refractivity contribution < 1.29 is 33.5 Å². The van der Waals surface area contributed by atoms with Crippen molar-refractivity contribution in [2.24, 2.45) is 0 Å². The van der Waals surface area contributed by atoms with Crippen molar-refractivity contribution >= 4 is 28.7 Å². The Hall–Kier alpha value is -2.71. The summed E-state index contributed by atoms with van der Waals surface area (Å²) in [5.41, 5.74) is 10.4. The molecule has 0 radical (unpaired) electrons. The van der Waals surface area contributed by atoms with Gasteiger partial charge in [0.15, 0.2) is 5.71 Å². The second-order valence-corrected chi connectivity index (χ2v) is 12.6. The van der Waals surface area contributed by atoms with Crippen LogP contribution in [0.3, 0.4) is 0 Å². The van der Waals surface area contributed by atoms with Crippen LogP contribution in [0.5, 0.6) is 0 Å². The Bertz CT molecular complexity index is 1450. The number of anilines is 1. The predicted octanol–water partition coefficient (Wildman–Crippen LogP) is 3.41. The van der Waals surface area contributed by atoms with Gasteiger partial charge in [0.05, 0.1) is 5.41 Å². The van der Waals surface area contributed by atoms with E-state index >= 15 is 0 Å². The molecule has 212 valence electrons. The minimum atomic E-state index is -4.94. The molecule has 40 heavy (non-hydrogen) atoms. The van der Waals surface area contributed by atoms with Crippen LogP contribution < -0.4 is 23.5 Å². The summed E-state index contributed by atoms with van der Waals surface area (Å²) >= 11 is 7.01. The van der Waals surface area contributed by atoms with Gasteiger partial charge in [-0.1, -0.05) is 74.0 Å². The third-order valence-corrected chi connectivity index (χ3v) is 8.71. The van der Waals surface area contributed by atoms with Crippen molar-refractivity contribution in [2.45, 2.75) is 57.8 Å². The first-order valence-corrected chi connectivity index (χ1v) is 14.9. The van der Waals surface area contributed by atoms with E-state index in [0.29, 0.717) is 0 Å². The molecular formula is C32H36Cl2N2O4. The SMILES string of the molecule is CN1C(=CC=C2CCCC(C=CC3=[N+](C)c4ccccc4C3(C)C)=C2Cl)C(C)(C)c2ccccc21.[O-][Cl+3]([O-])([O-])[O-]. The minimum Gasteiger partial charge on any atom is -0.347 e. The summed E-state index contributed by atoms with van der Waals surface area (Å²) in [6, 6.07) is 17.4. The monoisotopic (exact) mass is 582 g/mol. The van der Waals surface area contributed by atoms with Crippen molar-refractivity contribution in [2.75, 3.05) is 19.0 Å². The Morgan fingerprint density at radius 3 is 2.08 bits per heavy atom. The molecule has 0 saturated heterocycles. The molecule has 0 atom stereocenters. The number of hydrogen-bond donors (Lipinski definition) is 0. The Labute approximate surface area is 244 Å². The molecule has 0 amide bonds. The molecule has 2 aliphatic heterocycles. The highest BCUT2D eigenvalue weighted by Crippen LogP contribution is 2.47. The van der Waals surface area contributed by atoms with Gasteiger partial charge in [-0.3, -0.25) is 0 Å². The second-order valence-electron chi connectivity index (χ2n) is 11.4. The zero-order valence-corrected chi connectivity index (χ0v) is 25.3. The van der Waals surface area contributed by atoms with Gasteiger partial charge < -0.3 is 4.90 Å². The lowest BCUT2D eigenvalue weighted by molar-refractivity contribution is -2.00. The number of benzene rings is 2. The molecule has 0 N–H and O–H groups in total. The van der Waals surface area contributed by atoms with E-state index in [1.54, 1.807) is 0 Å². The summed E-state index contributed by atoms with van der Waals surface area (Å²) in [5.74, 6) is 0. The maximum absolute atomic E-state index is 8.49. The molecule has 0 bridgehead atoms. The first-order valence-electron chi connectivity index (χ1n) is 13.3. The summed E-state index contributed by atoms with van der Waals surface area (Å²) in [4.78, 5) is 2.32. The second kappa shape index (κ2) is 11.3. The highest BCUT2D eigenvalue weighted by atomic mass is 35.7. The fraction of sp³-hybridized carbons (Fsp3) is 0.344. The van der Waals surface area contributed by atoms with Gasteiger partial charge in [0.1, 0.15) is 7.05 Å². The average molecular weight is 584 g/mol. The van der Waals surface area contributed by atoms with Crippen molar-refractivity contribution in [3.8, 4) is 0 Å². The first kappa shape index (κ1) is 30.3. The molecule has 0 spiro atoms. The molecule has 2 heterocycles. The van der Waals surface area contributed by atoms with Crippen molar-refractivity contribution in [3.05, 3.63) is 106 Å². The summed E-state index contributed by atoms with van der Waals surface area (Å²) < 4.78 is 36.3. The Morgan fingerprint density at radius 2 is 1.45 bits per heavy atom. The number of allylic oxidation sites excluding steroid dienone is 8. The first-order chi connectivity index (χ1) is 18.6. The lowest BCUT2D eigenvalue weighted by atomic mass is 9.81. The van der Waals surface area contributed by atoms with E-state index in [-0.39, 0.29) is 10.8 Å². The van der Waals surface area contributed by atoms with Crippen LogP contribution in [-0.2, 0) is 10.8 Å². The van der Waals surface area contributed by atoms with Gasteiger partial charge in [0, 0.05) is 46.6 Å².